The highest BCUT2D eigenvalue weighted by Crippen LogP contribution is 2.43. The number of hydrogen-bond acceptors (Lipinski definition) is 1. The fourth-order valence-electron chi connectivity index (χ4n) is 2.16. The average molecular weight is 297 g/mol. The van der Waals surface area contributed by atoms with Crippen molar-refractivity contribution in [3.8, 4) is 11.3 Å². The van der Waals surface area contributed by atoms with Gasteiger partial charge in [-0.15, -0.1) is 0 Å². The van der Waals surface area contributed by atoms with E-state index in [1.807, 2.05) is 0 Å². The molecule has 0 unspecified atom stereocenters. The maximum atomic E-state index is 13.3. The minimum Gasteiger partial charge on any atom is -0.455 e. The Morgan fingerprint density at radius 3 is 2.40 bits per heavy atom. The van der Waals surface area contributed by atoms with Crippen molar-refractivity contribution in [1.82, 2.24) is 0 Å². The Hall–Kier alpha value is -1.94. The van der Waals surface area contributed by atoms with Crippen LogP contribution >= 0.6 is 11.6 Å². The first-order chi connectivity index (χ1) is 9.47. The van der Waals surface area contributed by atoms with E-state index in [1.54, 1.807) is 30.3 Å². The lowest BCUT2D eigenvalue weighted by Crippen LogP contribution is -2.05. The van der Waals surface area contributed by atoms with E-state index < -0.39 is 11.7 Å². The molecule has 102 valence electrons. The van der Waals surface area contributed by atoms with Gasteiger partial charge in [-0.25, -0.2) is 0 Å². The molecular weight excluding hydrogens is 289 g/mol. The van der Waals surface area contributed by atoms with E-state index in [1.165, 1.54) is 18.2 Å². The van der Waals surface area contributed by atoms with Crippen LogP contribution in [0.5, 0.6) is 0 Å². The molecule has 0 atom stereocenters. The number of benzene rings is 2. The molecule has 0 saturated heterocycles. The van der Waals surface area contributed by atoms with Crippen LogP contribution in [0.2, 0.25) is 5.02 Å². The molecule has 1 nitrogen and oxygen atoms in total. The van der Waals surface area contributed by atoms with Gasteiger partial charge in [0.05, 0.1) is 0 Å². The zero-order valence-corrected chi connectivity index (χ0v) is 10.8. The van der Waals surface area contributed by atoms with E-state index in [4.69, 9.17) is 16.0 Å². The molecule has 1 heterocycles. The summed E-state index contributed by atoms with van der Waals surface area (Å²) in [4.78, 5) is 0. The SMILES string of the molecule is FC(F)(F)c1c(-c2cccc(Cl)c2)oc2ccccc12. The molecule has 0 aliphatic heterocycles. The van der Waals surface area contributed by atoms with Crippen LogP contribution in [0.4, 0.5) is 13.2 Å². The molecule has 0 amide bonds. The number of alkyl halides is 3. The Labute approximate surface area is 117 Å². The summed E-state index contributed by atoms with van der Waals surface area (Å²) in [5.41, 5.74) is -0.258. The van der Waals surface area contributed by atoms with E-state index in [0.29, 0.717) is 10.6 Å². The Bertz CT molecular complexity index is 774. The summed E-state index contributed by atoms with van der Waals surface area (Å²) in [6.45, 7) is 0. The second-order valence-corrected chi connectivity index (χ2v) is 4.75. The lowest BCUT2D eigenvalue weighted by atomic mass is 10.1. The fourth-order valence-corrected chi connectivity index (χ4v) is 2.35. The zero-order valence-electron chi connectivity index (χ0n) is 10.0. The Balaban J connectivity index is 2.35. The number of rotatable bonds is 1. The molecule has 20 heavy (non-hydrogen) atoms. The average Bonchev–Trinajstić information content (AvgIpc) is 2.77. The predicted molar refractivity (Wildman–Crippen MR) is 71.7 cm³/mol. The van der Waals surface area contributed by atoms with Gasteiger partial charge in [0.1, 0.15) is 16.9 Å². The van der Waals surface area contributed by atoms with Gasteiger partial charge in [-0.2, -0.15) is 13.2 Å². The van der Waals surface area contributed by atoms with E-state index in [0.717, 1.165) is 0 Å². The van der Waals surface area contributed by atoms with Crippen LogP contribution in [0, 0.1) is 0 Å². The van der Waals surface area contributed by atoms with E-state index in [-0.39, 0.29) is 16.7 Å². The molecule has 0 aliphatic carbocycles. The highest BCUT2D eigenvalue weighted by Gasteiger charge is 2.38. The summed E-state index contributed by atoms with van der Waals surface area (Å²) in [7, 11) is 0. The normalized spacial score (nSPS) is 12.0. The third-order valence-electron chi connectivity index (χ3n) is 2.97. The monoisotopic (exact) mass is 296 g/mol. The highest BCUT2D eigenvalue weighted by molar-refractivity contribution is 6.30. The number of hydrogen-bond donors (Lipinski definition) is 0. The summed E-state index contributed by atoms with van der Waals surface area (Å²) < 4.78 is 45.3. The maximum absolute atomic E-state index is 13.3. The minimum atomic E-state index is -4.50. The molecule has 2 aromatic carbocycles. The molecule has 5 heteroatoms. The third kappa shape index (κ3) is 2.16. The van der Waals surface area contributed by atoms with Crippen LogP contribution in [0.3, 0.4) is 0 Å². The summed E-state index contributed by atoms with van der Waals surface area (Å²) in [5, 5.41) is 0.408. The Kier molecular flexibility index (Phi) is 2.98. The van der Waals surface area contributed by atoms with Crippen molar-refractivity contribution < 1.29 is 17.6 Å². The lowest BCUT2D eigenvalue weighted by molar-refractivity contribution is -0.136. The first-order valence-corrected chi connectivity index (χ1v) is 6.19. The smallest absolute Gasteiger partial charge is 0.420 e. The molecule has 1 aromatic heterocycles. The predicted octanol–water partition coefficient (Wildman–Crippen LogP) is 5.77. The van der Waals surface area contributed by atoms with Crippen LogP contribution in [0.25, 0.3) is 22.3 Å². The van der Waals surface area contributed by atoms with Crippen LogP contribution in [0.1, 0.15) is 5.56 Å². The van der Waals surface area contributed by atoms with Crippen LogP contribution in [0.15, 0.2) is 52.9 Å². The van der Waals surface area contributed by atoms with Gasteiger partial charge >= 0.3 is 6.18 Å². The second kappa shape index (κ2) is 4.56. The van der Waals surface area contributed by atoms with Crippen molar-refractivity contribution in [2.75, 3.05) is 0 Å². The van der Waals surface area contributed by atoms with E-state index in [2.05, 4.69) is 0 Å². The van der Waals surface area contributed by atoms with Crippen LogP contribution in [-0.4, -0.2) is 0 Å². The lowest BCUT2D eigenvalue weighted by Gasteiger charge is -2.07. The van der Waals surface area contributed by atoms with Gasteiger partial charge in [-0.3, -0.25) is 0 Å². The van der Waals surface area contributed by atoms with Crippen LogP contribution < -0.4 is 0 Å². The number of halogens is 4. The summed E-state index contributed by atoms with van der Waals surface area (Å²) >= 11 is 5.84. The highest BCUT2D eigenvalue weighted by atomic mass is 35.5. The quantitative estimate of drug-likeness (QED) is 0.555. The standard InChI is InChI=1S/C15H8ClF3O/c16-10-5-3-4-9(8-10)14-13(15(17,18)19)11-6-1-2-7-12(11)20-14/h1-8H. The van der Waals surface area contributed by atoms with Crippen molar-refractivity contribution >= 4 is 22.6 Å². The van der Waals surface area contributed by atoms with Gasteiger partial charge in [-0.05, 0) is 18.2 Å². The number of furan rings is 1. The summed E-state index contributed by atoms with van der Waals surface area (Å²) in [6, 6.07) is 12.3. The topological polar surface area (TPSA) is 13.1 Å². The number of fused-ring (bicyclic) bond motifs is 1. The molecule has 3 rings (SSSR count). The minimum absolute atomic E-state index is 0.0509. The second-order valence-electron chi connectivity index (χ2n) is 4.31. The van der Waals surface area contributed by atoms with Gasteiger partial charge in [0.15, 0.2) is 0 Å². The molecule has 3 aromatic rings. The Morgan fingerprint density at radius 1 is 0.950 bits per heavy atom. The number of para-hydroxylation sites is 1. The summed E-state index contributed by atoms with van der Waals surface area (Å²) in [6.07, 6.45) is -4.50. The van der Waals surface area contributed by atoms with Gasteiger partial charge < -0.3 is 4.42 Å². The maximum Gasteiger partial charge on any atom is 0.420 e. The van der Waals surface area contributed by atoms with Crippen molar-refractivity contribution in [1.29, 1.82) is 0 Å². The molecule has 0 N–H and O–H groups in total. The van der Waals surface area contributed by atoms with Gasteiger partial charge in [0, 0.05) is 16.0 Å². The first kappa shape index (κ1) is 13.1. The molecule has 0 spiro atoms. The van der Waals surface area contributed by atoms with Crippen molar-refractivity contribution in [3.05, 3.63) is 59.1 Å². The van der Waals surface area contributed by atoms with Crippen LogP contribution in [-0.2, 0) is 6.18 Å². The molecular formula is C15H8ClF3O. The molecule has 0 saturated carbocycles. The van der Waals surface area contributed by atoms with Crippen molar-refractivity contribution in [2.24, 2.45) is 0 Å². The Morgan fingerprint density at radius 2 is 1.70 bits per heavy atom. The fraction of sp³-hybridized carbons (Fsp3) is 0.0667. The molecule has 0 aliphatic rings. The molecule has 0 fully saturated rings. The van der Waals surface area contributed by atoms with Gasteiger partial charge in [0.25, 0.3) is 0 Å². The largest absolute Gasteiger partial charge is 0.455 e. The first-order valence-electron chi connectivity index (χ1n) is 5.81. The van der Waals surface area contributed by atoms with E-state index in [9.17, 15) is 13.2 Å². The van der Waals surface area contributed by atoms with Crippen molar-refractivity contribution in [3.63, 3.8) is 0 Å². The van der Waals surface area contributed by atoms with E-state index >= 15 is 0 Å². The summed E-state index contributed by atoms with van der Waals surface area (Å²) in [5.74, 6) is -0.207. The third-order valence-corrected chi connectivity index (χ3v) is 3.20. The van der Waals surface area contributed by atoms with Gasteiger partial charge in [0.2, 0.25) is 0 Å². The van der Waals surface area contributed by atoms with Gasteiger partial charge in [-0.1, -0.05) is 41.9 Å². The molecule has 0 bridgehead atoms. The van der Waals surface area contributed by atoms with Crippen molar-refractivity contribution in [2.45, 2.75) is 6.18 Å². The zero-order chi connectivity index (χ0) is 14.3. The molecule has 0 radical (unpaired) electrons.